The molecule has 0 radical (unpaired) electrons. The number of benzene rings is 4. The van der Waals surface area contributed by atoms with Gasteiger partial charge >= 0.3 is 11.9 Å². The molecular weight excluding hydrogens is 1040 g/mol. The number of hydrogen-bond acceptors (Lipinski definition) is 17. The van der Waals surface area contributed by atoms with Crippen molar-refractivity contribution < 1.29 is 85.1 Å². The van der Waals surface area contributed by atoms with Crippen molar-refractivity contribution in [2.45, 2.75) is 228 Å². The molecule has 452 valence electrons. The predicted octanol–water partition coefficient (Wildman–Crippen LogP) is 7.73. The van der Waals surface area contributed by atoms with Crippen LogP contribution in [-0.4, -0.2) is 160 Å². The van der Waals surface area contributed by atoms with Gasteiger partial charge in [0.25, 0.3) is 0 Å². The summed E-state index contributed by atoms with van der Waals surface area (Å²) in [4.78, 5) is 24.9. The van der Waals surface area contributed by atoms with E-state index in [1.165, 1.54) is 0 Å². The van der Waals surface area contributed by atoms with Crippen molar-refractivity contribution in [1.82, 2.24) is 0 Å². The summed E-state index contributed by atoms with van der Waals surface area (Å²) in [6.45, 7) is 3.75. The van der Waals surface area contributed by atoms with Gasteiger partial charge in [0, 0.05) is 0 Å². The second kappa shape index (κ2) is 38.1. The summed E-state index contributed by atoms with van der Waals surface area (Å²) < 4.78 is 16.4. The van der Waals surface area contributed by atoms with Crippen LogP contribution in [0.15, 0.2) is 97.1 Å². The topological polar surface area (TPSA) is 305 Å². The molecule has 17 nitrogen and oxygen atoms in total. The van der Waals surface area contributed by atoms with Crippen LogP contribution in [0.2, 0.25) is 0 Å². The average molecular weight is 1140 g/mol. The van der Waals surface area contributed by atoms with Crippen LogP contribution in [0.1, 0.15) is 176 Å². The maximum Gasteiger partial charge on any atom is 0.343 e. The van der Waals surface area contributed by atoms with E-state index in [2.05, 4.69) is 0 Å². The van der Waals surface area contributed by atoms with Crippen molar-refractivity contribution >= 4 is 11.9 Å². The van der Waals surface area contributed by atoms with Gasteiger partial charge in [-0.15, -0.1) is 0 Å². The van der Waals surface area contributed by atoms with E-state index in [9.17, 15) is 70.9 Å². The molecule has 0 spiro atoms. The zero-order valence-electron chi connectivity index (χ0n) is 47.5. The summed E-state index contributed by atoms with van der Waals surface area (Å²) in [6.07, 6.45) is -0.570. The minimum atomic E-state index is -0.824. The lowest BCUT2D eigenvalue weighted by molar-refractivity contribution is 0.0525. The molecule has 0 aliphatic rings. The predicted molar refractivity (Wildman–Crippen MR) is 309 cm³/mol. The molecule has 0 heterocycles. The number of carbonyl (C=O) groups is 2. The van der Waals surface area contributed by atoms with Gasteiger partial charge < -0.3 is 75.5 Å². The molecule has 0 amide bonds. The number of aliphatic hydroxyl groups is 12. The van der Waals surface area contributed by atoms with E-state index in [4.69, 9.17) is 14.2 Å². The number of hydrogen-bond donors (Lipinski definition) is 12. The van der Waals surface area contributed by atoms with Crippen LogP contribution >= 0.6 is 0 Å². The highest BCUT2D eigenvalue weighted by Crippen LogP contribution is 2.27. The Morgan fingerprint density at radius 3 is 0.827 bits per heavy atom. The molecule has 4 rings (SSSR count). The van der Waals surface area contributed by atoms with E-state index in [0.717, 1.165) is 22.3 Å². The van der Waals surface area contributed by atoms with Crippen LogP contribution < -0.4 is 9.47 Å². The summed E-state index contributed by atoms with van der Waals surface area (Å²) in [5.74, 6) is 0.0761. The van der Waals surface area contributed by atoms with Crippen molar-refractivity contribution in [3.63, 3.8) is 0 Å². The lowest BCUT2D eigenvalue weighted by Crippen LogP contribution is -2.21. The van der Waals surface area contributed by atoms with E-state index >= 15 is 0 Å². The first-order valence-corrected chi connectivity index (χ1v) is 29.4. The van der Waals surface area contributed by atoms with Crippen LogP contribution in [-0.2, 0) is 4.74 Å². The van der Waals surface area contributed by atoms with Crippen molar-refractivity contribution in [2.24, 2.45) is 0 Å². The van der Waals surface area contributed by atoms with Crippen LogP contribution in [0.5, 0.6) is 11.5 Å². The van der Waals surface area contributed by atoms with Crippen molar-refractivity contribution in [2.75, 3.05) is 13.2 Å². The molecule has 12 atom stereocenters. The molecule has 0 saturated heterocycles. The quantitative estimate of drug-likeness (QED) is 0.0149. The molecule has 4 aromatic rings. The van der Waals surface area contributed by atoms with E-state index in [1.54, 1.807) is 62.4 Å². The summed E-state index contributed by atoms with van der Waals surface area (Å²) in [7, 11) is 0. The van der Waals surface area contributed by atoms with Crippen LogP contribution in [0.3, 0.4) is 0 Å². The molecule has 0 aliphatic carbocycles. The zero-order chi connectivity index (χ0) is 59.1. The molecule has 0 bridgehead atoms. The van der Waals surface area contributed by atoms with Crippen molar-refractivity contribution in [1.29, 1.82) is 0 Å². The van der Waals surface area contributed by atoms with E-state index in [-0.39, 0.29) is 12.6 Å². The second-order valence-corrected chi connectivity index (χ2v) is 22.0. The van der Waals surface area contributed by atoms with Gasteiger partial charge in [0.2, 0.25) is 0 Å². The first-order valence-electron chi connectivity index (χ1n) is 29.4. The Labute approximate surface area is 478 Å². The van der Waals surface area contributed by atoms with Gasteiger partial charge in [0.1, 0.15) is 18.1 Å². The molecule has 0 aromatic heterocycles. The van der Waals surface area contributed by atoms with E-state index < -0.39 is 79.2 Å². The first kappa shape index (κ1) is 68.6. The van der Waals surface area contributed by atoms with Crippen molar-refractivity contribution in [3.8, 4) is 33.8 Å². The number of ether oxygens (including phenoxy) is 3. The molecule has 12 unspecified atom stereocenters. The number of carbonyl (C=O) groups excluding carboxylic acids is 2. The minimum Gasteiger partial charge on any atom is -0.491 e. The first-order chi connectivity index (χ1) is 38.8. The highest BCUT2D eigenvalue weighted by Gasteiger charge is 2.20. The third-order valence-electron chi connectivity index (χ3n) is 14.8. The molecule has 0 aliphatic heterocycles. The summed E-state index contributed by atoms with van der Waals surface area (Å²) in [5, 5.41) is 124. The van der Waals surface area contributed by atoms with Gasteiger partial charge in [-0.05, 0) is 226 Å². The fraction of sp³-hybridized carbons (Fsp3) is 0.594. The Balaban J connectivity index is 0.987. The number of rotatable bonds is 42. The Bertz CT molecular complexity index is 2290. The zero-order valence-corrected chi connectivity index (χ0v) is 47.5. The highest BCUT2D eigenvalue weighted by molar-refractivity contribution is 5.92. The average Bonchev–Trinajstić information content (AvgIpc) is 3.47. The monoisotopic (exact) mass is 1130 g/mol. The third-order valence-corrected chi connectivity index (χ3v) is 14.8. The summed E-state index contributed by atoms with van der Waals surface area (Å²) in [6, 6.07) is 28.5. The lowest BCUT2D eigenvalue weighted by Gasteiger charge is -2.19. The smallest absolute Gasteiger partial charge is 0.343 e. The molecular formula is C64H94O17. The maximum atomic E-state index is 12.9. The highest BCUT2D eigenvalue weighted by atomic mass is 16.5. The largest absolute Gasteiger partial charge is 0.491 e. The van der Waals surface area contributed by atoms with Gasteiger partial charge in [-0.1, -0.05) is 48.5 Å². The second-order valence-electron chi connectivity index (χ2n) is 22.0. The van der Waals surface area contributed by atoms with Gasteiger partial charge in [0.05, 0.1) is 91.0 Å². The molecule has 4 aromatic carbocycles. The molecule has 12 N–H and O–H groups in total. The van der Waals surface area contributed by atoms with Crippen molar-refractivity contribution in [3.05, 3.63) is 108 Å². The molecule has 0 saturated carbocycles. The van der Waals surface area contributed by atoms with Crippen LogP contribution in [0, 0.1) is 0 Å². The Morgan fingerprint density at radius 1 is 0.321 bits per heavy atom. The maximum absolute atomic E-state index is 12.9. The fourth-order valence-electron chi connectivity index (χ4n) is 9.44. The number of esters is 2. The molecule has 81 heavy (non-hydrogen) atoms. The standard InChI is InChI=1S/C64H94O17/c1-3-79-63(77)48-9-5-44(6-10-48)47-15-40-62(41-16-47)81-64(78)49-11-7-45(8-12-49)46-13-38-61(39-14-46)80-42-60(76)37-36-59(75)35-34-58(74)33-32-57(73)31-30-56(72)29-28-55(71)27-26-54(70)25-24-53(69)23-22-52(68)21-20-51(67)19-18-50(66)17-4-43(2)65/h5-16,38-41,43,50-60,65-76H,3-4,17-37,42H2,1-2H3. The summed E-state index contributed by atoms with van der Waals surface area (Å²) >= 11 is 0. The third kappa shape index (κ3) is 28.8. The SMILES string of the molecule is CCOC(=O)c1ccc(-c2ccc(OC(=O)c3ccc(-c4ccc(OCC(O)CCC(O)CCC(O)CCC(O)CCC(O)CCC(O)CCC(O)CCC(O)CCC(O)CCC(O)CCC(O)CCC(C)O)cc4)cc3)cc2)cc1. The minimum absolute atomic E-state index is 0.0254. The van der Waals surface area contributed by atoms with E-state index in [0.29, 0.717) is 170 Å². The van der Waals surface area contributed by atoms with Crippen LogP contribution in [0.25, 0.3) is 22.3 Å². The Hall–Kier alpha value is -4.86. The Morgan fingerprint density at radius 2 is 0.556 bits per heavy atom. The normalized spacial score (nSPS) is 16.2. The van der Waals surface area contributed by atoms with Crippen LogP contribution in [0.4, 0.5) is 0 Å². The lowest BCUT2D eigenvalue weighted by atomic mass is 9.96. The summed E-state index contributed by atoms with van der Waals surface area (Å²) in [5.41, 5.74) is 4.42. The Kier molecular flexibility index (Phi) is 32.3. The fourth-order valence-corrected chi connectivity index (χ4v) is 9.44. The van der Waals surface area contributed by atoms with Gasteiger partial charge in [0.15, 0.2) is 0 Å². The molecule has 17 heteroatoms. The molecule has 0 fully saturated rings. The number of aliphatic hydroxyl groups excluding tert-OH is 12. The van der Waals surface area contributed by atoms with Gasteiger partial charge in [-0.3, -0.25) is 0 Å². The van der Waals surface area contributed by atoms with E-state index in [1.807, 2.05) is 48.5 Å². The van der Waals surface area contributed by atoms with Gasteiger partial charge in [-0.25, -0.2) is 9.59 Å². The van der Waals surface area contributed by atoms with Gasteiger partial charge in [-0.2, -0.15) is 0 Å².